The van der Waals surface area contributed by atoms with E-state index in [9.17, 15) is 9.18 Å². The minimum atomic E-state index is -0.247. The van der Waals surface area contributed by atoms with Crippen molar-refractivity contribution in [2.45, 2.75) is 18.9 Å². The van der Waals surface area contributed by atoms with Gasteiger partial charge in [-0.3, -0.25) is 14.8 Å². The number of nitrogens with one attached hydrogen (secondary N) is 1. The molecule has 2 unspecified atom stereocenters. The average Bonchev–Trinajstić information content (AvgIpc) is 3.25. The van der Waals surface area contributed by atoms with Gasteiger partial charge in [0.1, 0.15) is 11.6 Å². The van der Waals surface area contributed by atoms with Gasteiger partial charge in [-0.25, -0.2) is 4.39 Å². The van der Waals surface area contributed by atoms with E-state index in [0.717, 1.165) is 31.7 Å². The van der Waals surface area contributed by atoms with Crippen LogP contribution in [0.2, 0.25) is 0 Å². The largest absolute Gasteiger partial charge is 0.490 e. The minimum Gasteiger partial charge on any atom is -0.490 e. The number of Topliss-reactive ketones (excluding diaryl/α,β-unsaturated/α-hetero) is 1. The van der Waals surface area contributed by atoms with Gasteiger partial charge in [0.25, 0.3) is 0 Å². The van der Waals surface area contributed by atoms with E-state index >= 15 is 0 Å². The van der Waals surface area contributed by atoms with Gasteiger partial charge in [-0.1, -0.05) is 0 Å². The van der Waals surface area contributed by atoms with Crippen molar-refractivity contribution in [1.82, 2.24) is 15.1 Å². The Morgan fingerprint density at radius 1 is 1.25 bits per heavy atom. The lowest BCUT2D eigenvalue weighted by atomic mass is 10.0. The maximum atomic E-state index is 12.9. The number of ketones is 1. The third kappa shape index (κ3) is 3.19. The first-order valence-corrected chi connectivity index (χ1v) is 8.34. The van der Waals surface area contributed by atoms with Gasteiger partial charge in [-0.05, 0) is 48.9 Å². The topological polar surface area (TPSA) is 58.2 Å². The lowest BCUT2D eigenvalue weighted by molar-refractivity contribution is 0.0936. The Balaban J connectivity index is 1.29. The van der Waals surface area contributed by atoms with Crippen molar-refractivity contribution in [2.75, 3.05) is 19.6 Å². The smallest absolute Gasteiger partial charge is 0.179 e. The first-order valence-electron chi connectivity index (χ1n) is 8.34. The molecular formula is C18H20FN3O2. The lowest BCUT2D eigenvalue weighted by Gasteiger charge is -2.19. The molecule has 126 valence electrons. The van der Waals surface area contributed by atoms with Gasteiger partial charge >= 0.3 is 0 Å². The molecule has 6 heteroatoms. The molecule has 0 amide bonds. The summed E-state index contributed by atoms with van der Waals surface area (Å²) in [6.07, 6.45) is 5.41. The summed E-state index contributed by atoms with van der Waals surface area (Å²) < 4.78 is 18.9. The van der Waals surface area contributed by atoms with Crippen LogP contribution in [-0.4, -0.2) is 46.6 Å². The number of ether oxygens (including phenoxy) is 1. The lowest BCUT2D eigenvalue weighted by Crippen LogP contribution is -2.29. The average molecular weight is 329 g/mol. The number of carbonyl (C=O) groups excluding carboxylic acids is 1. The van der Waals surface area contributed by atoms with Gasteiger partial charge in [0.15, 0.2) is 5.78 Å². The van der Waals surface area contributed by atoms with Crippen molar-refractivity contribution in [2.24, 2.45) is 11.8 Å². The second-order valence-corrected chi connectivity index (χ2v) is 6.79. The maximum Gasteiger partial charge on any atom is 0.179 e. The normalized spacial score (nSPS) is 26.5. The third-order valence-corrected chi connectivity index (χ3v) is 5.09. The van der Waals surface area contributed by atoms with E-state index in [-0.39, 0.29) is 17.7 Å². The zero-order valence-corrected chi connectivity index (χ0v) is 13.3. The molecule has 2 fully saturated rings. The third-order valence-electron chi connectivity index (χ3n) is 5.09. The summed E-state index contributed by atoms with van der Waals surface area (Å²) >= 11 is 0. The van der Waals surface area contributed by atoms with Crippen LogP contribution in [0.3, 0.4) is 0 Å². The number of fused-ring (bicyclic) bond motifs is 1. The second-order valence-electron chi connectivity index (χ2n) is 6.79. The number of H-pyrrole nitrogens is 1. The molecule has 5 nitrogen and oxygen atoms in total. The highest BCUT2D eigenvalue weighted by atomic mass is 19.1. The van der Waals surface area contributed by atoms with Crippen LogP contribution >= 0.6 is 0 Å². The van der Waals surface area contributed by atoms with Crippen molar-refractivity contribution < 1.29 is 13.9 Å². The van der Waals surface area contributed by atoms with Crippen molar-refractivity contribution in [3.05, 3.63) is 48.0 Å². The van der Waals surface area contributed by atoms with Gasteiger partial charge in [0.05, 0.1) is 24.4 Å². The highest BCUT2D eigenvalue weighted by molar-refractivity contribution is 5.97. The summed E-state index contributed by atoms with van der Waals surface area (Å²) in [4.78, 5) is 14.4. The van der Waals surface area contributed by atoms with Crippen LogP contribution < -0.4 is 4.74 Å². The molecule has 24 heavy (non-hydrogen) atoms. The van der Waals surface area contributed by atoms with E-state index in [2.05, 4.69) is 15.1 Å². The fourth-order valence-corrected chi connectivity index (χ4v) is 3.97. The molecule has 2 aromatic rings. The summed E-state index contributed by atoms with van der Waals surface area (Å²) in [5.41, 5.74) is 0.643. The summed E-state index contributed by atoms with van der Waals surface area (Å²) in [7, 11) is 0. The molecule has 0 spiro atoms. The van der Waals surface area contributed by atoms with Crippen LogP contribution in [-0.2, 0) is 0 Å². The molecule has 0 radical (unpaired) electrons. The fourth-order valence-electron chi connectivity index (χ4n) is 3.97. The number of aromatic nitrogens is 2. The summed E-state index contributed by atoms with van der Waals surface area (Å²) in [6.45, 7) is 2.34. The molecule has 1 aromatic carbocycles. The molecule has 1 aliphatic carbocycles. The predicted molar refractivity (Wildman–Crippen MR) is 86.4 cm³/mol. The summed E-state index contributed by atoms with van der Waals surface area (Å²) in [6, 6.07) is 6.21. The quantitative estimate of drug-likeness (QED) is 0.857. The van der Waals surface area contributed by atoms with Crippen LogP contribution in [0, 0.1) is 17.7 Å². The molecule has 1 aromatic heterocycles. The number of benzene rings is 1. The van der Waals surface area contributed by atoms with Crippen molar-refractivity contribution in [3.63, 3.8) is 0 Å². The SMILES string of the molecule is O=C(CN1CC2CC(Oc3ccc(F)cc3)C[C@H]2C1)c1cn[nH]c1. The Labute approximate surface area is 139 Å². The Bertz CT molecular complexity index is 688. The van der Waals surface area contributed by atoms with E-state index in [1.807, 2.05) is 0 Å². The number of rotatable bonds is 5. The van der Waals surface area contributed by atoms with Crippen molar-refractivity contribution in [1.29, 1.82) is 0 Å². The molecule has 0 bridgehead atoms. The number of hydrogen-bond acceptors (Lipinski definition) is 4. The van der Waals surface area contributed by atoms with E-state index in [1.54, 1.807) is 24.5 Å². The van der Waals surface area contributed by atoms with E-state index < -0.39 is 0 Å². The number of carbonyl (C=O) groups is 1. The van der Waals surface area contributed by atoms with Crippen LogP contribution in [0.4, 0.5) is 4.39 Å². The van der Waals surface area contributed by atoms with Gasteiger partial charge in [0, 0.05) is 19.3 Å². The van der Waals surface area contributed by atoms with Gasteiger partial charge in [-0.15, -0.1) is 0 Å². The zero-order chi connectivity index (χ0) is 16.5. The van der Waals surface area contributed by atoms with Crippen molar-refractivity contribution >= 4 is 5.78 Å². The molecule has 4 rings (SSSR count). The van der Waals surface area contributed by atoms with Crippen LogP contribution in [0.5, 0.6) is 5.75 Å². The Morgan fingerprint density at radius 2 is 1.96 bits per heavy atom. The molecule has 1 aliphatic heterocycles. The molecule has 1 saturated heterocycles. The molecule has 3 atom stereocenters. The number of aromatic amines is 1. The number of halogens is 1. The first kappa shape index (κ1) is 15.3. The van der Waals surface area contributed by atoms with Crippen LogP contribution in [0.1, 0.15) is 23.2 Å². The first-order chi connectivity index (χ1) is 11.7. The van der Waals surface area contributed by atoms with E-state index in [1.165, 1.54) is 12.1 Å². The highest BCUT2D eigenvalue weighted by Crippen LogP contribution is 2.39. The number of likely N-dealkylation sites (tertiary alicyclic amines) is 1. The predicted octanol–water partition coefficient (Wildman–Crippen LogP) is 2.52. The molecule has 1 saturated carbocycles. The second kappa shape index (κ2) is 6.36. The van der Waals surface area contributed by atoms with Crippen LogP contribution in [0.25, 0.3) is 0 Å². The van der Waals surface area contributed by atoms with E-state index in [4.69, 9.17) is 4.74 Å². The van der Waals surface area contributed by atoms with Gasteiger partial charge < -0.3 is 4.74 Å². The fraction of sp³-hybridized carbons (Fsp3) is 0.444. The zero-order valence-electron chi connectivity index (χ0n) is 13.3. The number of hydrogen-bond donors (Lipinski definition) is 1. The Kier molecular flexibility index (Phi) is 4.06. The molecule has 1 N–H and O–H groups in total. The van der Waals surface area contributed by atoms with Gasteiger partial charge in [-0.2, -0.15) is 5.10 Å². The molecular weight excluding hydrogens is 309 g/mol. The minimum absolute atomic E-state index is 0.114. The van der Waals surface area contributed by atoms with Gasteiger partial charge in [0.2, 0.25) is 0 Å². The maximum absolute atomic E-state index is 12.9. The Morgan fingerprint density at radius 3 is 2.58 bits per heavy atom. The Hall–Kier alpha value is -2.21. The molecule has 2 heterocycles. The summed E-state index contributed by atoms with van der Waals surface area (Å²) in [5, 5.41) is 6.50. The van der Waals surface area contributed by atoms with E-state index in [0.29, 0.717) is 23.9 Å². The highest BCUT2D eigenvalue weighted by Gasteiger charge is 2.42. The summed E-state index contributed by atoms with van der Waals surface area (Å²) in [5.74, 6) is 1.75. The number of nitrogens with zero attached hydrogens (tertiary/aromatic N) is 2. The standard InChI is InChI=1S/C18H20FN3O2/c19-15-1-3-16(4-2-15)24-17-5-12-9-22(10-13(12)6-17)11-18(23)14-7-20-21-8-14/h1-4,7-8,12-13,17H,5-6,9-11H2,(H,20,21)/t12-,13?,17?/m0/s1. The van der Waals surface area contributed by atoms with Crippen molar-refractivity contribution in [3.8, 4) is 5.75 Å². The monoisotopic (exact) mass is 329 g/mol. The van der Waals surface area contributed by atoms with Crippen LogP contribution in [0.15, 0.2) is 36.7 Å². The molecule has 2 aliphatic rings.